The van der Waals surface area contributed by atoms with E-state index in [1.807, 2.05) is 0 Å². The smallest absolute Gasteiger partial charge is 0.262 e. The van der Waals surface area contributed by atoms with E-state index < -0.39 is 15.8 Å². The summed E-state index contributed by atoms with van der Waals surface area (Å²) in [5.74, 6) is -0.663. The van der Waals surface area contributed by atoms with Crippen molar-refractivity contribution in [2.75, 3.05) is 10.5 Å². The number of benzene rings is 2. The summed E-state index contributed by atoms with van der Waals surface area (Å²) in [6.07, 6.45) is 0. The van der Waals surface area contributed by atoms with E-state index in [0.29, 0.717) is 14.6 Å². The van der Waals surface area contributed by atoms with Crippen molar-refractivity contribution in [3.63, 3.8) is 0 Å². The van der Waals surface area contributed by atoms with Gasteiger partial charge in [-0.2, -0.15) is 0 Å². The summed E-state index contributed by atoms with van der Waals surface area (Å²) in [6, 6.07) is 7.21. The molecule has 0 heterocycles. The van der Waals surface area contributed by atoms with Crippen molar-refractivity contribution in [3.05, 3.63) is 50.7 Å². The maximum Gasteiger partial charge on any atom is 0.262 e. The second-order valence-electron chi connectivity index (χ2n) is 4.35. The molecule has 2 aromatic rings. The van der Waals surface area contributed by atoms with Gasteiger partial charge in [0.15, 0.2) is 0 Å². The number of hydrogen-bond acceptors (Lipinski definition) is 3. The average molecular weight is 438 g/mol. The Morgan fingerprint density at radius 1 is 1.19 bits per heavy atom. The largest absolute Gasteiger partial charge is 0.398 e. The van der Waals surface area contributed by atoms with Crippen LogP contribution in [0.1, 0.15) is 5.56 Å². The van der Waals surface area contributed by atoms with Crippen LogP contribution in [0.4, 0.5) is 15.8 Å². The second-order valence-corrected chi connectivity index (χ2v) is 7.80. The number of nitrogen functional groups attached to an aromatic ring is 1. The summed E-state index contributed by atoms with van der Waals surface area (Å²) in [5, 5.41) is 0. The van der Waals surface area contributed by atoms with Crippen molar-refractivity contribution in [1.29, 1.82) is 0 Å². The SMILES string of the molecule is Cc1c(N)cc(S(=O)(=O)Nc2cc(Br)ccc2Br)cc1F. The van der Waals surface area contributed by atoms with Crippen molar-refractivity contribution >= 4 is 53.3 Å². The zero-order chi connectivity index (χ0) is 15.8. The van der Waals surface area contributed by atoms with Gasteiger partial charge in [0.1, 0.15) is 5.82 Å². The first-order valence-electron chi connectivity index (χ1n) is 5.74. The van der Waals surface area contributed by atoms with E-state index in [4.69, 9.17) is 5.73 Å². The molecule has 8 heteroatoms. The molecule has 0 bridgehead atoms. The quantitative estimate of drug-likeness (QED) is 0.711. The molecule has 0 atom stereocenters. The lowest BCUT2D eigenvalue weighted by atomic mass is 10.2. The minimum atomic E-state index is -3.94. The summed E-state index contributed by atoms with van der Waals surface area (Å²) in [5.41, 5.74) is 6.26. The van der Waals surface area contributed by atoms with Crippen molar-refractivity contribution in [3.8, 4) is 0 Å². The van der Waals surface area contributed by atoms with Crippen LogP contribution in [0.25, 0.3) is 0 Å². The van der Waals surface area contributed by atoms with Crippen LogP contribution in [-0.4, -0.2) is 8.42 Å². The van der Waals surface area contributed by atoms with E-state index in [1.54, 1.807) is 18.2 Å². The van der Waals surface area contributed by atoms with Gasteiger partial charge in [-0.05, 0) is 53.2 Å². The number of halogens is 3. The van der Waals surface area contributed by atoms with E-state index >= 15 is 0 Å². The van der Waals surface area contributed by atoms with Gasteiger partial charge in [-0.25, -0.2) is 12.8 Å². The summed E-state index contributed by atoms with van der Waals surface area (Å²) < 4.78 is 41.9. The Morgan fingerprint density at radius 2 is 1.86 bits per heavy atom. The highest BCUT2D eigenvalue weighted by molar-refractivity contribution is 9.11. The molecule has 0 aliphatic carbocycles. The Hall–Kier alpha value is -1.12. The average Bonchev–Trinajstić information content (AvgIpc) is 2.39. The molecule has 21 heavy (non-hydrogen) atoms. The third-order valence-electron chi connectivity index (χ3n) is 2.84. The third kappa shape index (κ3) is 3.56. The van der Waals surface area contributed by atoms with E-state index in [9.17, 15) is 12.8 Å². The number of nitrogens with two attached hydrogens (primary N) is 1. The predicted octanol–water partition coefficient (Wildman–Crippen LogP) is 4.04. The van der Waals surface area contributed by atoms with Gasteiger partial charge in [0.05, 0.1) is 10.6 Å². The first kappa shape index (κ1) is 16.3. The normalized spacial score (nSPS) is 11.4. The Labute approximate surface area is 138 Å². The van der Waals surface area contributed by atoms with Gasteiger partial charge >= 0.3 is 0 Å². The highest BCUT2D eigenvalue weighted by Crippen LogP contribution is 2.29. The zero-order valence-corrected chi connectivity index (χ0v) is 14.8. The van der Waals surface area contributed by atoms with E-state index in [1.165, 1.54) is 13.0 Å². The van der Waals surface area contributed by atoms with Gasteiger partial charge in [0.2, 0.25) is 0 Å². The van der Waals surface area contributed by atoms with Gasteiger partial charge in [0, 0.05) is 20.2 Å². The zero-order valence-electron chi connectivity index (χ0n) is 10.8. The lowest BCUT2D eigenvalue weighted by Crippen LogP contribution is -2.14. The molecule has 0 amide bonds. The maximum atomic E-state index is 13.7. The molecular weight excluding hydrogens is 427 g/mol. The standard InChI is InChI=1S/C13H11Br2FN2O2S/c1-7-11(16)5-9(6-12(7)17)21(19,20)18-13-4-8(14)2-3-10(13)15/h2-6,18H,17H2,1H3. The molecule has 2 aromatic carbocycles. The number of anilines is 2. The number of sulfonamides is 1. The summed E-state index contributed by atoms with van der Waals surface area (Å²) >= 11 is 6.51. The maximum absolute atomic E-state index is 13.7. The minimum Gasteiger partial charge on any atom is -0.398 e. The molecule has 4 nitrogen and oxygen atoms in total. The fraction of sp³-hybridized carbons (Fsp3) is 0.0769. The van der Waals surface area contributed by atoms with Gasteiger partial charge in [-0.3, -0.25) is 4.72 Å². The number of rotatable bonds is 3. The molecular formula is C13H11Br2FN2O2S. The molecule has 0 saturated heterocycles. The lowest BCUT2D eigenvalue weighted by molar-refractivity contribution is 0.593. The van der Waals surface area contributed by atoms with E-state index in [2.05, 4.69) is 36.6 Å². The molecule has 0 unspecified atom stereocenters. The Balaban J connectivity index is 2.46. The van der Waals surface area contributed by atoms with Gasteiger partial charge < -0.3 is 5.73 Å². The minimum absolute atomic E-state index is 0.0867. The summed E-state index contributed by atoms with van der Waals surface area (Å²) in [4.78, 5) is -0.227. The van der Waals surface area contributed by atoms with Crippen molar-refractivity contribution in [1.82, 2.24) is 0 Å². The molecule has 0 aromatic heterocycles. The van der Waals surface area contributed by atoms with Crippen LogP contribution in [0.5, 0.6) is 0 Å². The Bertz CT molecular complexity index is 787. The fourth-order valence-corrected chi connectivity index (χ4v) is 3.56. The molecule has 0 saturated carbocycles. The highest BCUT2D eigenvalue weighted by atomic mass is 79.9. The molecule has 0 aliphatic heterocycles. The summed E-state index contributed by atoms with van der Waals surface area (Å²) in [6.45, 7) is 1.49. The first-order chi connectivity index (χ1) is 9.70. The molecule has 0 radical (unpaired) electrons. The molecule has 0 fully saturated rings. The lowest BCUT2D eigenvalue weighted by Gasteiger charge is -2.12. The first-order valence-corrected chi connectivity index (χ1v) is 8.81. The Morgan fingerprint density at radius 3 is 2.48 bits per heavy atom. The second kappa shape index (κ2) is 5.94. The molecule has 3 N–H and O–H groups in total. The van der Waals surface area contributed by atoms with Crippen molar-refractivity contribution in [2.45, 2.75) is 11.8 Å². The van der Waals surface area contributed by atoms with E-state index in [0.717, 1.165) is 6.07 Å². The van der Waals surface area contributed by atoms with Crippen LogP contribution >= 0.6 is 31.9 Å². The van der Waals surface area contributed by atoms with Gasteiger partial charge in [-0.15, -0.1) is 0 Å². The Kier molecular flexibility index (Phi) is 4.60. The van der Waals surface area contributed by atoms with Crippen LogP contribution in [0.15, 0.2) is 44.2 Å². The number of hydrogen-bond donors (Lipinski definition) is 2. The monoisotopic (exact) mass is 436 g/mol. The number of nitrogens with one attached hydrogen (secondary N) is 1. The molecule has 0 spiro atoms. The molecule has 0 aliphatic rings. The van der Waals surface area contributed by atoms with Crippen LogP contribution in [0.3, 0.4) is 0 Å². The predicted molar refractivity (Wildman–Crippen MR) is 88.2 cm³/mol. The molecule has 112 valence electrons. The van der Waals surface area contributed by atoms with E-state index in [-0.39, 0.29) is 16.1 Å². The van der Waals surface area contributed by atoms with Crippen molar-refractivity contribution < 1.29 is 12.8 Å². The topological polar surface area (TPSA) is 72.2 Å². The molecule has 2 rings (SSSR count). The van der Waals surface area contributed by atoms with Crippen LogP contribution < -0.4 is 10.5 Å². The van der Waals surface area contributed by atoms with Crippen molar-refractivity contribution in [2.24, 2.45) is 0 Å². The highest BCUT2D eigenvalue weighted by Gasteiger charge is 2.18. The third-order valence-corrected chi connectivity index (χ3v) is 5.37. The van der Waals surface area contributed by atoms with Gasteiger partial charge in [-0.1, -0.05) is 15.9 Å². The fourth-order valence-electron chi connectivity index (χ4n) is 1.61. The van der Waals surface area contributed by atoms with Crippen LogP contribution in [0, 0.1) is 12.7 Å². The van der Waals surface area contributed by atoms with Gasteiger partial charge in [0.25, 0.3) is 10.0 Å². The summed E-state index contributed by atoms with van der Waals surface area (Å²) in [7, 11) is -3.94. The van der Waals surface area contributed by atoms with Crippen LogP contribution in [0.2, 0.25) is 0 Å². The van der Waals surface area contributed by atoms with Crippen LogP contribution in [-0.2, 0) is 10.0 Å².